The van der Waals surface area contributed by atoms with Gasteiger partial charge >= 0.3 is 0 Å². The maximum absolute atomic E-state index is 5.71. The van der Waals surface area contributed by atoms with Gasteiger partial charge < -0.3 is 10.1 Å². The van der Waals surface area contributed by atoms with Crippen LogP contribution in [-0.2, 0) is 4.74 Å². The Morgan fingerprint density at radius 3 is 2.81 bits per heavy atom. The van der Waals surface area contributed by atoms with Crippen molar-refractivity contribution < 1.29 is 4.74 Å². The van der Waals surface area contributed by atoms with Crippen LogP contribution in [0.4, 0.5) is 0 Å². The van der Waals surface area contributed by atoms with Gasteiger partial charge in [0.25, 0.3) is 0 Å². The molecule has 1 atom stereocenters. The summed E-state index contributed by atoms with van der Waals surface area (Å²) in [5.74, 6) is 0. The molecule has 16 heavy (non-hydrogen) atoms. The minimum atomic E-state index is 0.0400. The molecule has 3 nitrogen and oxygen atoms in total. The van der Waals surface area contributed by atoms with Gasteiger partial charge in [0.05, 0.1) is 12.2 Å². The smallest absolute Gasteiger partial charge is 0.0753 e. The number of nitrogens with zero attached hydrogens (tertiary/aromatic N) is 1. The summed E-state index contributed by atoms with van der Waals surface area (Å²) in [5, 5.41) is 3.53. The Morgan fingerprint density at radius 1 is 1.44 bits per heavy atom. The van der Waals surface area contributed by atoms with E-state index in [1.54, 1.807) is 0 Å². The minimum Gasteiger partial charge on any atom is -0.373 e. The first-order valence-corrected chi connectivity index (χ1v) is 6.63. The van der Waals surface area contributed by atoms with Crippen LogP contribution in [0.25, 0.3) is 0 Å². The van der Waals surface area contributed by atoms with Crippen LogP contribution in [-0.4, -0.2) is 49.3 Å². The molecule has 0 aromatic rings. The molecule has 1 saturated heterocycles. The lowest BCUT2D eigenvalue weighted by atomic mass is 10.1. The number of rotatable bonds is 6. The van der Waals surface area contributed by atoms with E-state index in [1.807, 2.05) is 0 Å². The van der Waals surface area contributed by atoms with Gasteiger partial charge in [-0.15, -0.1) is 0 Å². The standard InChI is InChI=1S/C13H28N2O/c1-5-7-14-12(2)6-8-15-9-10-16-13(3,4)11-15/h12,14H,5-11H2,1-4H3. The molecule has 96 valence electrons. The fourth-order valence-corrected chi connectivity index (χ4v) is 2.17. The van der Waals surface area contributed by atoms with Crippen molar-refractivity contribution >= 4 is 0 Å². The molecule has 0 bridgehead atoms. The van der Waals surface area contributed by atoms with Crippen LogP contribution >= 0.6 is 0 Å². The van der Waals surface area contributed by atoms with Crippen LogP contribution in [0.2, 0.25) is 0 Å². The highest BCUT2D eigenvalue weighted by Crippen LogP contribution is 2.16. The molecule has 0 aliphatic carbocycles. The molecule has 1 aliphatic heterocycles. The Morgan fingerprint density at radius 2 is 2.19 bits per heavy atom. The van der Waals surface area contributed by atoms with Crippen LogP contribution in [0.3, 0.4) is 0 Å². The number of nitrogens with one attached hydrogen (secondary N) is 1. The van der Waals surface area contributed by atoms with Gasteiger partial charge in [0.2, 0.25) is 0 Å². The molecule has 0 radical (unpaired) electrons. The van der Waals surface area contributed by atoms with Gasteiger partial charge in [-0.25, -0.2) is 0 Å². The lowest BCUT2D eigenvalue weighted by Gasteiger charge is -2.38. The van der Waals surface area contributed by atoms with Crippen LogP contribution in [0.5, 0.6) is 0 Å². The van der Waals surface area contributed by atoms with Gasteiger partial charge in [-0.1, -0.05) is 6.92 Å². The maximum Gasteiger partial charge on any atom is 0.0753 e. The number of morpholine rings is 1. The first-order valence-electron chi connectivity index (χ1n) is 6.63. The van der Waals surface area contributed by atoms with Crippen LogP contribution in [0, 0.1) is 0 Å². The van der Waals surface area contributed by atoms with E-state index in [9.17, 15) is 0 Å². The van der Waals surface area contributed by atoms with Crippen molar-refractivity contribution in [3.63, 3.8) is 0 Å². The Labute approximate surface area is 101 Å². The summed E-state index contributed by atoms with van der Waals surface area (Å²) in [7, 11) is 0. The second-order valence-electron chi connectivity index (χ2n) is 5.53. The van der Waals surface area contributed by atoms with Crippen molar-refractivity contribution in [1.82, 2.24) is 10.2 Å². The molecule has 1 unspecified atom stereocenters. The molecule has 1 rings (SSSR count). The van der Waals surface area contributed by atoms with Crippen molar-refractivity contribution in [2.45, 2.75) is 52.2 Å². The fraction of sp³-hybridized carbons (Fsp3) is 1.00. The molecule has 0 aromatic carbocycles. The molecule has 0 spiro atoms. The molecule has 0 aromatic heterocycles. The summed E-state index contributed by atoms with van der Waals surface area (Å²) in [4.78, 5) is 2.52. The summed E-state index contributed by atoms with van der Waals surface area (Å²) in [6.45, 7) is 14.2. The lowest BCUT2D eigenvalue weighted by molar-refractivity contribution is -0.0863. The van der Waals surface area contributed by atoms with Crippen LogP contribution in [0.1, 0.15) is 40.5 Å². The van der Waals surface area contributed by atoms with Crippen molar-refractivity contribution in [2.24, 2.45) is 0 Å². The minimum absolute atomic E-state index is 0.0400. The van der Waals surface area contributed by atoms with Gasteiger partial charge in [-0.05, 0) is 46.7 Å². The van der Waals surface area contributed by atoms with Gasteiger partial charge in [0.1, 0.15) is 0 Å². The highest BCUT2D eigenvalue weighted by atomic mass is 16.5. The summed E-state index contributed by atoms with van der Waals surface area (Å²) in [6, 6.07) is 0.630. The average Bonchev–Trinajstić information content (AvgIpc) is 2.22. The van der Waals surface area contributed by atoms with Crippen molar-refractivity contribution in [2.75, 3.05) is 32.8 Å². The van der Waals surface area contributed by atoms with Gasteiger partial charge in [-0.2, -0.15) is 0 Å². The zero-order valence-corrected chi connectivity index (χ0v) is 11.4. The Bertz CT molecular complexity index is 194. The van der Waals surface area contributed by atoms with Crippen molar-refractivity contribution in [1.29, 1.82) is 0 Å². The summed E-state index contributed by atoms with van der Waals surface area (Å²) in [5.41, 5.74) is 0.0400. The van der Waals surface area contributed by atoms with E-state index in [4.69, 9.17) is 4.74 Å². The molecule has 0 saturated carbocycles. The molecule has 3 heteroatoms. The van der Waals surface area contributed by atoms with Gasteiger partial charge in [-0.3, -0.25) is 4.90 Å². The SMILES string of the molecule is CCCNC(C)CCN1CCOC(C)(C)C1. The van der Waals surface area contributed by atoms with Crippen LogP contribution < -0.4 is 5.32 Å². The van der Waals surface area contributed by atoms with E-state index >= 15 is 0 Å². The third-order valence-corrected chi connectivity index (χ3v) is 3.13. The highest BCUT2D eigenvalue weighted by molar-refractivity contribution is 4.79. The molecule has 1 aliphatic rings. The molecule has 1 N–H and O–H groups in total. The molecular formula is C13H28N2O. The quantitative estimate of drug-likeness (QED) is 0.751. The van der Waals surface area contributed by atoms with E-state index in [0.29, 0.717) is 6.04 Å². The third-order valence-electron chi connectivity index (χ3n) is 3.13. The largest absolute Gasteiger partial charge is 0.373 e. The van der Waals surface area contributed by atoms with E-state index in [2.05, 4.69) is 37.9 Å². The summed E-state index contributed by atoms with van der Waals surface area (Å²) >= 11 is 0. The normalized spacial score (nSPS) is 23.2. The maximum atomic E-state index is 5.71. The predicted molar refractivity (Wildman–Crippen MR) is 68.8 cm³/mol. The summed E-state index contributed by atoms with van der Waals surface area (Å²) < 4.78 is 5.71. The second-order valence-corrected chi connectivity index (χ2v) is 5.53. The molecule has 1 fully saturated rings. The Kier molecular flexibility index (Phi) is 5.73. The van der Waals surface area contributed by atoms with E-state index in [1.165, 1.54) is 19.4 Å². The number of hydrogen-bond donors (Lipinski definition) is 1. The van der Waals surface area contributed by atoms with Gasteiger partial charge in [0, 0.05) is 19.1 Å². The Balaban J connectivity index is 2.17. The zero-order chi connectivity index (χ0) is 12.0. The zero-order valence-electron chi connectivity index (χ0n) is 11.4. The van der Waals surface area contributed by atoms with Gasteiger partial charge in [0.15, 0.2) is 0 Å². The predicted octanol–water partition coefficient (Wildman–Crippen LogP) is 1.88. The van der Waals surface area contributed by atoms with Crippen molar-refractivity contribution in [3.05, 3.63) is 0 Å². The molecule has 1 heterocycles. The molecular weight excluding hydrogens is 200 g/mol. The fourth-order valence-electron chi connectivity index (χ4n) is 2.17. The number of hydrogen-bond acceptors (Lipinski definition) is 3. The average molecular weight is 228 g/mol. The van der Waals surface area contributed by atoms with E-state index < -0.39 is 0 Å². The second kappa shape index (κ2) is 6.58. The topological polar surface area (TPSA) is 24.5 Å². The van der Waals surface area contributed by atoms with Crippen molar-refractivity contribution in [3.8, 4) is 0 Å². The number of ether oxygens (including phenoxy) is 1. The molecule has 0 amide bonds. The Hall–Kier alpha value is -0.120. The van der Waals surface area contributed by atoms with E-state index in [-0.39, 0.29) is 5.60 Å². The van der Waals surface area contributed by atoms with E-state index in [0.717, 1.165) is 26.2 Å². The highest BCUT2D eigenvalue weighted by Gasteiger charge is 2.26. The summed E-state index contributed by atoms with van der Waals surface area (Å²) in [6.07, 6.45) is 2.45. The lowest BCUT2D eigenvalue weighted by Crippen LogP contribution is -2.49. The first-order chi connectivity index (χ1) is 7.53. The third kappa shape index (κ3) is 5.28. The monoisotopic (exact) mass is 228 g/mol. The van der Waals surface area contributed by atoms with Crippen LogP contribution in [0.15, 0.2) is 0 Å². The first kappa shape index (κ1) is 13.9.